The number of amides is 1. The first-order valence-electron chi connectivity index (χ1n) is 12.2. The summed E-state index contributed by atoms with van der Waals surface area (Å²) in [6.07, 6.45) is 6.73. The van der Waals surface area contributed by atoms with E-state index < -0.39 is 0 Å². The quantitative estimate of drug-likeness (QED) is 0.683. The largest absolute Gasteiger partial charge is 0.384 e. The third kappa shape index (κ3) is 4.50. The Morgan fingerprint density at radius 1 is 1.18 bits per heavy atom. The molecule has 5 rings (SSSR count). The van der Waals surface area contributed by atoms with Crippen LogP contribution in [0.25, 0.3) is 0 Å². The van der Waals surface area contributed by atoms with Crippen LogP contribution < -0.4 is 11.2 Å². The van der Waals surface area contributed by atoms with Gasteiger partial charge in [0.25, 0.3) is 0 Å². The molecule has 2 aliphatic heterocycles. The second-order valence-corrected chi connectivity index (χ2v) is 9.91. The normalized spacial score (nSPS) is 23.1. The minimum Gasteiger partial charge on any atom is -0.384 e. The molecule has 7 nitrogen and oxygen atoms in total. The van der Waals surface area contributed by atoms with Crippen molar-refractivity contribution in [1.82, 2.24) is 20.3 Å². The van der Waals surface area contributed by atoms with Crippen molar-refractivity contribution in [3.8, 4) is 0 Å². The summed E-state index contributed by atoms with van der Waals surface area (Å²) < 4.78 is 0. The Balaban J connectivity index is 1.16. The maximum Gasteiger partial charge on any atom is 0.225 e. The average Bonchev–Trinajstić information content (AvgIpc) is 3.13. The van der Waals surface area contributed by atoms with Crippen LogP contribution >= 0.6 is 0 Å². The van der Waals surface area contributed by atoms with Crippen molar-refractivity contribution in [2.75, 3.05) is 39.0 Å². The zero-order chi connectivity index (χ0) is 22.8. The fourth-order valence-electron chi connectivity index (χ4n) is 6.22. The number of anilines is 1. The maximum absolute atomic E-state index is 13.3. The molecule has 1 aliphatic carbocycles. The molecule has 1 spiro atoms. The summed E-state index contributed by atoms with van der Waals surface area (Å²) in [5.41, 5.74) is 13.1. The standard InChI is InChI=1S/C26H35N5O2/c1-33-29-23-17-26(22-5-3-2-4-21(22)23)9-14-31(15-10-26)25(32)20-7-12-30(13-8-20)18-19-6-11-28-24(27)16-19/h2-6,11,16,20,23,29H,7-10,12-15,17-18H2,1H3,(H2,27,28). The van der Waals surface area contributed by atoms with E-state index in [1.54, 1.807) is 13.3 Å². The van der Waals surface area contributed by atoms with Gasteiger partial charge in [0.2, 0.25) is 5.91 Å². The minimum absolute atomic E-state index is 0.150. The van der Waals surface area contributed by atoms with Crippen LogP contribution in [-0.2, 0) is 21.6 Å². The van der Waals surface area contributed by atoms with E-state index in [-0.39, 0.29) is 17.4 Å². The third-order valence-corrected chi connectivity index (χ3v) is 7.98. The summed E-state index contributed by atoms with van der Waals surface area (Å²) in [4.78, 5) is 27.2. The number of piperidine rings is 2. The van der Waals surface area contributed by atoms with Crippen LogP contribution in [0.1, 0.15) is 54.8 Å². The summed E-state index contributed by atoms with van der Waals surface area (Å²) in [5, 5.41) is 0. The Labute approximate surface area is 196 Å². The first-order chi connectivity index (χ1) is 16.1. The molecule has 0 saturated carbocycles. The Kier molecular flexibility index (Phi) is 6.36. The van der Waals surface area contributed by atoms with Crippen LogP contribution in [0.3, 0.4) is 0 Å². The third-order valence-electron chi connectivity index (χ3n) is 7.98. The molecule has 0 radical (unpaired) electrons. The number of nitrogens with one attached hydrogen (secondary N) is 1. The number of nitrogen functional groups attached to an aromatic ring is 1. The predicted molar refractivity (Wildman–Crippen MR) is 128 cm³/mol. The van der Waals surface area contributed by atoms with Gasteiger partial charge in [0.15, 0.2) is 0 Å². The summed E-state index contributed by atoms with van der Waals surface area (Å²) in [6.45, 7) is 4.48. The van der Waals surface area contributed by atoms with Gasteiger partial charge in [-0.15, -0.1) is 0 Å². The highest BCUT2D eigenvalue weighted by Gasteiger charge is 2.46. The minimum atomic E-state index is 0.150. The van der Waals surface area contributed by atoms with Crippen LogP contribution in [0.5, 0.6) is 0 Å². The van der Waals surface area contributed by atoms with Crippen LogP contribution in [-0.4, -0.2) is 54.0 Å². The molecular weight excluding hydrogens is 414 g/mol. The molecule has 1 aromatic heterocycles. The van der Waals surface area contributed by atoms with E-state index in [1.165, 1.54) is 16.7 Å². The molecule has 3 aliphatic rings. The van der Waals surface area contributed by atoms with Crippen molar-refractivity contribution < 1.29 is 9.63 Å². The van der Waals surface area contributed by atoms with Crippen molar-refractivity contribution >= 4 is 11.7 Å². The number of nitrogens with zero attached hydrogens (tertiary/aromatic N) is 3. The molecule has 7 heteroatoms. The van der Waals surface area contributed by atoms with Crippen molar-refractivity contribution in [2.24, 2.45) is 5.92 Å². The molecule has 2 aromatic rings. The second kappa shape index (κ2) is 9.41. The van der Waals surface area contributed by atoms with Crippen molar-refractivity contribution in [3.63, 3.8) is 0 Å². The highest BCUT2D eigenvalue weighted by atomic mass is 16.6. The summed E-state index contributed by atoms with van der Waals surface area (Å²) >= 11 is 0. The lowest BCUT2D eigenvalue weighted by molar-refractivity contribution is -0.138. The van der Waals surface area contributed by atoms with Gasteiger partial charge < -0.3 is 15.5 Å². The monoisotopic (exact) mass is 449 g/mol. The molecule has 0 bridgehead atoms. The Morgan fingerprint density at radius 3 is 2.67 bits per heavy atom. The molecule has 1 unspecified atom stereocenters. The SMILES string of the molecule is CONC1CC2(CCN(C(=O)C3CCN(Cc4ccnc(N)c4)CC3)CC2)c2ccccc21. The lowest BCUT2D eigenvalue weighted by Crippen LogP contribution is -2.48. The first-order valence-corrected chi connectivity index (χ1v) is 12.2. The molecule has 1 atom stereocenters. The fourth-order valence-corrected chi connectivity index (χ4v) is 6.22. The number of aromatic nitrogens is 1. The van der Waals surface area contributed by atoms with E-state index in [0.29, 0.717) is 11.7 Å². The number of nitrogens with two attached hydrogens (primary N) is 1. The van der Waals surface area contributed by atoms with Gasteiger partial charge in [-0.1, -0.05) is 24.3 Å². The number of benzene rings is 1. The average molecular weight is 450 g/mol. The number of hydrogen-bond acceptors (Lipinski definition) is 6. The molecule has 3 N–H and O–H groups in total. The molecule has 2 saturated heterocycles. The van der Waals surface area contributed by atoms with Crippen LogP contribution in [0, 0.1) is 5.92 Å². The number of likely N-dealkylation sites (tertiary alicyclic amines) is 2. The first kappa shape index (κ1) is 22.3. The van der Waals surface area contributed by atoms with Crippen LogP contribution in [0.2, 0.25) is 0 Å². The van der Waals surface area contributed by atoms with Crippen LogP contribution in [0.4, 0.5) is 5.82 Å². The summed E-state index contributed by atoms with van der Waals surface area (Å²) in [6, 6.07) is 12.9. The number of pyridine rings is 1. The van der Waals surface area contributed by atoms with E-state index in [0.717, 1.165) is 64.8 Å². The predicted octanol–water partition coefficient (Wildman–Crippen LogP) is 3.03. The fraction of sp³-hybridized carbons (Fsp3) is 0.538. The molecule has 2 fully saturated rings. The van der Waals surface area contributed by atoms with Crippen molar-refractivity contribution in [3.05, 3.63) is 59.3 Å². The zero-order valence-corrected chi connectivity index (χ0v) is 19.5. The Bertz CT molecular complexity index is 980. The van der Waals surface area contributed by atoms with Gasteiger partial charge in [-0.05, 0) is 74.0 Å². The number of carbonyl (C=O) groups excluding carboxylic acids is 1. The highest BCUT2D eigenvalue weighted by Crippen LogP contribution is 2.50. The highest BCUT2D eigenvalue weighted by molar-refractivity contribution is 5.79. The van der Waals surface area contributed by atoms with Gasteiger partial charge >= 0.3 is 0 Å². The van der Waals surface area contributed by atoms with Gasteiger partial charge in [0.05, 0.1) is 13.2 Å². The van der Waals surface area contributed by atoms with Gasteiger partial charge in [0.1, 0.15) is 5.82 Å². The molecule has 176 valence electrons. The van der Waals surface area contributed by atoms with Crippen molar-refractivity contribution in [2.45, 2.75) is 50.1 Å². The number of carbonyl (C=O) groups is 1. The van der Waals surface area contributed by atoms with Gasteiger partial charge in [0, 0.05) is 37.2 Å². The summed E-state index contributed by atoms with van der Waals surface area (Å²) in [7, 11) is 1.69. The zero-order valence-electron chi connectivity index (χ0n) is 19.5. The van der Waals surface area contributed by atoms with E-state index in [9.17, 15) is 4.79 Å². The van der Waals surface area contributed by atoms with Gasteiger partial charge in [-0.3, -0.25) is 9.69 Å². The topological polar surface area (TPSA) is 83.7 Å². The van der Waals surface area contributed by atoms with Crippen molar-refractivity contribution in [1.29, 1.82) is 0 Å². The van der Waals surface area contributed by atoms with Gasteiger partial charge in [-0.25, -0.2) is 4.98 Å². The number of hydrogen-bond donors (Lipinski definition) is 2. The maximum atomic E-state index is 13.3. The van der Waals surface area contributed by atoms with E-state index in [2.05, 4.69) is 44.5 Å². The summed E-state index contributed by atoms with van der Waals surface area (Å²) in [5.74, 6) is 1.07. The molecule has 3 heterocycles. The van der Waals surface area contributed by atoms with Gasteiger partial charge in [-0.2, -0.15) is 5.48 Å². The lowest BCUT2D eigenvalue weighted by atomic mass is 9.73. The van der Waals surface area contributed by atoms with Crippen LogP contribution in [0.15, 0.2) is 42.6 Å². The van der Waals surface area contributed by atoms with E-state index in [4.69, 9.17) is 10.6 Å². The molecule has 33 heavy (non-hydrogen) atoms. The molecule has 1 aromatic carbocycles. The second-order valence-electron chi connectivity index (χ2n) is 9.91. The van der Waals surface area contributed by atoms with E-state index in [1.807, 2.05) is 12.1 Å². The Hall–Kier alpha value is -2.48. The van der Waals surface area contributed by atoms with E-state index >= 15 is 0 Å². The molecular formula is C26H35N5O2. The smallest absolute Gasteiger partial charge is 0.225 e. The number of hydroxylamine groups is 1. The number of fused-ring (bicyclic) bond motifs is 2. The molecule has 1 amide bonds. The lowest BCUT2D eigenvalue weighted by Gasteiger charge is -2.42. The number of rotatable bonds is 5. The Morgan fingerprint density at radius 2 is 1.94 bits per heavy atom.